The number of ether oxygens (including phenoxy) is 1. The van der Waals surface area contributed by atoms with Gasteiger partial charge in [0.1, 0.15) is 12.2 Å². The number of nitrogens with zero attached hydrogens (tertiary/aromatic N) is 6. The molecule has 0 bridgehead atoms. The topological polar surface area (TPSA) is 143 Å². The zero-order valence-corrected chi connectivity index (χ0v) is 19.2. The number of carbonyl (C=O) groups excluding carboxylic acids is 1. The number of aliphatic hydroxyl groups excluding tert-OH is 1. The minimum absolute atomic E-state index is 0.0168. The number of amides is 1. The molecule has 3 N–H and O–H groups in total. The lowest BCUT2D eigenvalue weighted by Crippen LogP contribution is -2.28. The van der Waals surface area contributed by atoms with Crippen LogP contribution in [0.2, 0.25) is 5.02 Å². The molecule has 11 nitrogen and oxygen atoms in total. The van der Waals surface area contributed by atoms with E-state index in [1.807, 2.05) is 0 Å². The third-order valence-electron chi connectivity index (χ3n) is 4.84. The maximum atomic E-state index is 13.4. The molecule has 4 rings (SSSR count). The molecule has 4 aromatic rings. The molecule has 0 radical (unpaired) electrons. The summed E-state index contributed by atoms with van der Waals surface area (Å²) in [7, 11) is 0. The molecule has 37 heavy (non-hydrogen) atoms. The van der Waals surface area contributed by atoms with Crippen molar-refractivity contribution in [3.8, 4) is 22.8 Å². The Morgan fingerprint density at radius 3 is 2.43 bits per heavy atom. The second-order valence-corrected chi connectivity index (χ2v) is 7.90. The fraction of sp³-hybridized carbons (Fsp3) is 0.190. The van der Waals surface area contributed by atoms with Crippen LogP contribution in [0, 0.1) is 0 Å². The third-order valence-corrected chi connectivity index (χ3v) is 5.09. The van der Waals surface area contributed by atoms with E-state index >= 15 is 0 Å². The van der Waals surface area contributed by atoms with Gasteiger partial charge in [0.2, 0.25) is 12.2 Å². The van der Waals surface area contributed by atoms with Crippen LogP contribution in [-0.4, -0.2) is 52.8 Å². The van der Waals surface area contributed by atoms with Gasteiger partial charge in [0.25, 0.3) is 5.91 Å². The Morgan fingerprint density at radius 2 is 1.81 bits per heavy atom. The summed E-state index contributed by atoms with van der Waals surface area (Å²) in [5.74, 6) is -2.60. The Kier molecular flexibility index (Phi) is 7.00. The number of primary amides is 1. The van der Waals surface area contributed by atoms with E-state index in [2.05, 4.69) is 19.9 Å². The number of rotatable bonds is 8. The number of hydrogen-bond acceptors (Lipinski definition) is 7. The Labute approximate surface area is 209 Å². The molecule has 1 atom stereocenters. The highest BCUT2D eigenvalue weighted by Crippen LogP contribution is 2.29. The van der Waals surface area contributed by atoms with Gasteiger partial charge in [-0.15, -0.1) is 23.4 Å². The van der Waals surface area contributed by atoms with Crippen molar-refractivity contribution in [2.45, 2.75) is 25.8 Å². The average Bonchev–Trinajstić information content (AvgIpc) is 3.36. The summed E-state index contributed by atoms with van der Waals surface area (Å²) in [5.41, 5.74) is 4.55. The molecular weight excluding hydrogens is 526 g/mol. The van der Waals surface area contributed by atoms with E-state index in [9.17, 15) is 32.3 Å². The van der Waals surface area contributed by atoms with E-state index in [-0.39, 0.29) is 17.3 Å². The summed E-state index contributed by atoms with van der Waals surface area (Å²) >= 11 is 5.88. The van der Waals surface area contributed by atoms with Crippen molar-refractivity contribution in [2.24, 2.45) is 5.73 Å². The van der Waals surface area contributed by atoms with Crippen molar-refractivity contribution in [3.05, 3.63) is 75.7 Å². The first kappa shape index (κ1) is 25.8. The Bertz CT molecular complexity index is 1500. The molecule has 0 saturated heterocycles. The Morgan fingerprint density at radius 1 is 1.14 bits per heavy atom. The number of hydrogen-bond donors (Lipinski definition) is 2. The first-order valence-corrected chi connectivity index (χ1v) is 10.7. The van der Waals surface area contributed by atoms with Crippen molar-refractivity contribution < 1.29 is 32.2 Å². The molecule has 16 heteroatoms. The van der Waals surface area contributed by atoms with E-state index in [0.29, 0.717) is 10.6 Å². The predicted octanol–water partition coefficient (Wildman–Crippen LogP) is 2.28. The van der Waals surface area contributed by atoms with Crippen LogP contribution in [0.5, 0.6) is 5.75 Å². The van der Waals surface area contributed by atoms with Crippen LogP contribution in [0.25, 0.3) is 17.1 Å². The molecule has 2 heterocycles. The second-order valence-electron chi connectivity index (χ2n) is 7.46. The standard InChI is InChI=1S/C21H16ClF4N7O4/c22-12-7-5-11(6-8-12)18-30-32(20(36)31(18)9-15(23)34)10-16-28-19(17(27)35)33(29-16)13-3-1-2-4-14(13)37-21(24,25)26/h1-8,15,34H,9-10H2,(H2,27,35). The van der Waals surface area contributed by atoms with Crippen LogP contribution >= 0.6 is 11.6 Å². The summed E-state index contributed by atoms with van der Waals surface area (Å²) in [6.45, 7) is -1.22. The lowest BCUT2D eigenvalue weighted by Gasteiger charge is -2.13. The monoisotopic (exact) mass is 541 g/mol. The molecular formula is C21H16ClF4N7O4. The summed E-state index contributed by atoms with van der Waals surface area (Å²) in [6.07, 6.45) is -7.42. The van der Waals surface area contributed by atoms with E-state index in [1.165, 1.54) is 42.5 Å². The smallest absolute Gasteiger partial charge is 0.403 e. The minimum atomic E-state index is -5.04. The zero-order valence-electron chi connectivity index (χ0n) is 18.4. The van der Waals surface area contributed by atoms with E-state index in [1.54, 1.807) is 0 Å². The minimum Gasteiger partial charge on any atom is -0.403 e. The molecule has 0 aliphatic heterocycles. The van der Waals surface area contributed by atoms with Crippen molar-refractivity contribution in [3.63, 3.8) is 0 Å². The predicted molar refractivity (Wildman–Crippen MR) is 120 cm³/mol. The van der Waals surface area contributed by atoms with E-state index < -0.39 is 49.0 Å². The highest BCUT2D eigenvalue weighted by molar-refractivity contribution is 6.30. The summed E-state index contributed by atoms with van der Waals surface area (Å²) in [6, 6.07) is 10.9. The SMILES string of the molecule is NC(=O)c1nc(Cn2nc(-c3ccc(Cl)cc3)n(CC(O)F)c2=O)nn1-c1ccccc1OC(F)(F)F. The highest BCUT2D eigenvalue weighted by Gasteiger charge is 2.33. The van der Waals surface area contributed by atoms with Crippen LogP contribution in [0.4, 0.5) is 17.6 Å². The third kappa shape index (κ3) is 5.78. The number of alkyl halides is 4. The fourth-order valence-corrected chi connectivity index (χ4v) is 3.52. The van der Waals surface area contributed by atoms with Crippen LogP contribution in [0.1, 0.15) is 16.4 Å². The van der Waals surface area contributed by atoms with Crippen molar-refractivity contribution in [1.82, 2.24) is 29.1 Å². The maximum Gasteiger partial charge on any atom is 0.573 e. The molecule has 0 saturated carbocycles. The van der Waals surface area contributed by atoms with E-state index in [0.717, 1.165) is 20.0 Å². The normalized spacial score (nSPS) is 12.5. The van der Waals surface area contributed by atoms with Gasteiger partial charge in [-0.2, -0.15) is 0 Å². The van der Waals surface area contributed by atoms with Gasteiger partial charge in [0.15, 0.2) is 17.4 Å². The van der Waals surface area contributed by atoms with Gasteiger partial charge >= 0.3 is 12.1 Å². The first-order chi connectivity index (χ1) is 17.4. The van der Waals surface area contributed by atoms with Gasteiger partial charge in [-0.1, -0.05) is 23.7 Å². The number of carbonyl (C=O) groups is 1. The lowest BCUT2D eigenvalue weighted by atomic mass is 10.2. The summed E-state index contributed by atoms with van der Waals surface area (Å²) < 4.78 is 58.5. The number of benzene rings is 2. The van der Waals surface area contributed by atoms with Gasteiger partial charge in [0, 0.05) is 10.6 Å². The molecule has 0 aliphatic carbocycles. The first-order valence-electron chi connectivity index (χ1n) is 10.3. The molecule has 1 unspecified atom stereocenters. The van der Waals surface area contributed by atoms with Crippen LogP contribution in [0.3, 0.4) is 0 Å². The van der Waals surface area contributed by atoms with Crippen molar-refractivity contribution >= 4 is 17.5 Å². The molecule has 2 aromatic carbocycles. The number of halogens is 5. The summed E-state index contributed by atoms with van der Waals surface area (Å²) in [4.78, 5) is 28.9. The molecule has 194 valence electrons. The highest BCUT2D eigenvalue weighted by atomic mass is 35.5. The summed E-state index contributed by atoms with van der Waals surface area (Å²) in [5, 5.41) is 17.8. The maximum absolute atomic E-state index is 13.4. The second kappa shape index (κ2) is 10.0. The Hall–Kier alpha value is -4.24. The van der Waals surface area contributed by atoms with Crippen molar-refractivity contribution in [2.75, 3.05) is 0 Å². The van der Waals surface area contributed by atoms with Gasteiger partial charge in [-0.25, -0.2) is 23.5 Å². The Balaban J connectivity index is 1.77. The lowest BCUT2D eigenvalue weighted by molar-refractivity contribution is -0.274. The number of nitrogens with two attached hydrogens (primary N) is 1. The molecule has 1 amide bonds. The van der Waals surface area contributed by atoms with Crippen LogP contribution < -0.4 is 16.2 Å². The quantitative estimate of drug-likeness (QED) is 0.326. The number of aromatic nitrogens is 6. The number of para-hydroxylation sites is 2. The molecule has 2 aromatic heterocycles. The van der Waals surface area contributed by atoms with E-state index in [4.69, 9.17) is 17.3 Å². The fourth-order valence-electron chi connectivity index (χ4n) is 3.40. The molecule has 0 aliphatic rings. The largest absolute Gasteiger partial charge is 0.573 e. The molecule has 0 fully saturated rings. The van der Waals surface area contributed by atoms with Gasteiger partial charge in [0.05, 0.1) is 6.54 Å². The molecule has 0 spiro atoms. The average molecular weight is 542 g/mol. The van der Waals surface area contributed by atoms with Gasteiger partial charge in [-0.3, -0.25) is 9.36 Å². The van der Waals surface area contributed by atoms with Gasteiger partial charge < -0.3 is 15.6 Å². The van der Waals surface area contributed by atoms with Gasteiger partial charge in [-0.05, 0) is 36.4 Å². The number of aliphatic hydroxyl groups is 1. The zero-order chi connectivity index (χ0) is 26.9. The van der Waals surface area contributed by atoms with Crippen LogP contribution in [0.15, 0.2) is 53.3 Å². The van der Waals surface area contributed by atoms with Crippen molar-refractivity contribution in [1.29, 1.82) is 0 Å². The van der Waals surface area contributed by atoms with Crippen LogP contribution in [-0.2, 0) is 13.1 Å².